The lowest BCUT2D eigenvalue weighted by Gasteiger charge is -2.36. The van der Waals surface area contributed by atoms with Gasteiger partial charge < -0.3 is 115 Å². The molecule has 13 amide bonds. The fraction of sp³-hybridized carbons (Fsp3) is 0.679. The number of piperazine rings is 1. The third-order valence-electron chi connectivity index (χ3n) is 20.0. The van der Waals surface area contributed by atoms with E-state index < -0.39 is 145 Å². The zero-order valence-corrected chi connectivity index (χ0v) is 69.6. The minimum atomic E-state index is -1.76. The molecule has 40 heteroatoms. The summed E-state index contributed by atoms with van der Waals surface area (Å²) in [5.41, 5.74) is 18.7. The SMILES string of the molecule is CCCC[C@H](NC(=O)CCC(=O)NCCCOCCOCCOCCCNC(=O)CN1CCN(C(=O)C(CNCCN)CNCCN)CC1)C(=O)N[C@H]1CSCc2cncc(c2)CSC[C@@H](C(=O)NCCC(=O)O)NC(=O)[C@H](Cc2ccccc2)NC(=O)[C@H](CCC(N)=O)NC(=O)[C@H]([C@@H](C)O)NC(=O)[C@@H]2CCCN2C(=O)[C@@H]2CCCN2C1=O. The van der Waals surface area contributed by atoms with Crippen molar-refractivity contribution in [3.63, 3.8) is 0 Å². The van der Waals surface area contributed by atoms with Crippen molar-refractivity contribution in [2.75, 3.05) is 156 Å². The van der Waals surface area contributed by atoms with Gasteiger partial charge in [0.25, 0.3) is 0 Å². The number of nitrogens with two attached hydrogens (primary N) is 3. The monoisotopic (exact) mass is 1700 g/mol. The summed E-state index contributed by atoms with van der Waals surface area (Å²) in [5, 5.41) is 51.3. The Labute approximate surface area is 698 Å². The molecule has 3 fully saturated rings. The van der Waals surface area contributed by atoms with Gasteiger partial charge in [0.15, 0.2) is 0 Å². The molecule has 6 rings (SSSR count). The van der Waals surface area contributed by atoms with E-state index in [4.69, 9.17) is 31.4 Å². The lowest BCUT2D eigenvalue weighted by molar-refractivity contribution is -0.148. The number of unbranched alkanes of at least 4 members (excludes halogenated alkanes) is 1. The normalized spacial score (nSPS) is 20.8. The number of aliphatic hydroxyl groups is 1. The number of aliphatic carboxylic acids is 1. The molecule has 2 bridgehead atoms. The molecule has 118 heavy (non-hydrogen) atoms. The Hall–Kier alpha value is -8.71. The molecule has 658 valence electrons. The van der Waals surface area contributed by atoms with E-state index in [1.165, 1.54) is 40.2 Å². The van der Waals surface area contributed by atoms with Gasteiger partial charge in [0.05, 0.1) is 51.4 Å². The van der Waals surface area contributed by atoms with Crippen molar-refractivity contribution in [1.82, 2.24) is 83.1 Å². The van der Waals surface area contributed by atoms with Crippen molar-refractivity contribution in [2.24, 2.45) is 23.1 Å². The van der Waals surface area contributed by atoms with Crippen LogP contribution >= 0.6 is 23.5 Å². The zero-order valence-electron chi connectivity index (χ0n) is 68.0. The molecule has 1 aromatic carbocycles. The van der Waals surface area contributed by atoms with E-state index in [0.29, 0.717) is 167 Å². The summed E-state index contributed by atoms with van der Waals surface area (Å²) in [6, 6.07) is -0.494. The number of carboxylic acid groups (broad SMARTS) is 1. The molecule has 0 aliphatic carbocycles. The summed E-state index contributed by atoms with van der Waals surface area (Å²) in [5.74, 6) is -9.29. The van der Waals surface area contributed by atoms with E-state index in [0.717, 1.165) is 0 Å². The van der Waals surface area contributed by atoms with E-state index in [1.807, 2.05) is 22.8 Å². The number of nitrogens with zero attached hydrogens (tertiary/aromatic N) is 5. The number of carbonyl (C=O) groups is 14. The van der Waals surface area contributed by atoms with Gasteiger partial charge in [-0.2, -0.15) is 23.5 Å². The number of carbonyl (C=O) groups excluding carboxylic acids is 13. The van der Waals surface area contributed by atoms with Crippen LogP contribution in [0.3, 0.4) is 0 Å². The number of carboxylic acids is 1. The summed E-state index contributed by atoms with van der Waals surface area (Å²) in [7, 11) is 0. The first kappa shape index (κ1) is 98.1. The van der Waals surface area contributed by atoms with E-state index in [-0.39, 0.29) is 112 Å². The molecule has 3 saturated heterocycles. The third kappa shape index (κ3) is 36.1. The quantitative estimate of drug-likeness (QED) is 0.0280. The minimum Gasteiger partial charge on any atom is -0.481 e. The first-order valence-corrected chi connectivity index (χ1v) is 43.3. The predicted molar refractivity (Wildman–Crippen MR) is 440 cm³/mol. The maximum Gasteiger partial charge on any atom is 0.305 e. The molecule has 38 nitrogen and oxygen atoms in total. The summed E-state index contributed by atoms with van der Waals surface area (Å²) in [4.78, 5) is 203. The molecule has 19 N–H and O–H groups in total. The van der Waals surface area contributed by atoms with Gasteiger partial charge >= 0.3 is 5.97 Å². The standard InChI is InChI=1S/C78H125N19O19S2/c1-3-4-14-57(88-66(101)20-19-65(100)85-24-10-35-114-37-39-116-40-38-115-36-11-25-86-67(102)47-94-31-33-95(34-32-94)76(111)56(45-82-27-22-79)46-83-28-23-80)71(106)92-61-51-118-49-55-41-54(43-84-44-55)48-117-50-60(70(105)87-26-21-68(103)104)91-73(108)59(42-53-12-6-5-7-13-53)90-72(107)58(17-18-64(81)99)89-75(110)69(52(2)98)93-74(109)62-15-8-29-96(62)78(113)63-16-9-30-97(63)77(61)112/h5-7,12-13,41,43-44,52,56-63,69,82-83,98H,3-4,8-11,14-40,42,45-51,79-80H2,1-2H3,(H2,81,99)(H,85,100)(H,86,102)(H,87,105)(H,88,101)(H,89,110)(H,90,107)(H,91,108)(H,92,106)(H,93,109)(H,103,104)/t52-,57+,58+,59+,60+,61+,62+,63+,69+/m1/s1. The van der Waals surface area contributed by atoms with E-state index in [2.05, 4.69) is 63.5 Å². The summed E-state index contributed by atoms with van der Waals surface area (Å²) in [6.45, 7) is 11.6. The highest BCUT2D eigenvalue weighted by molar-refractivity contribution is 7.98. The Bertz CT molecular complexity index is 3530. The van der Waals surface area contributed by atoms with Gasteiger partial charge in [-0.05, 0) is 75.0 Å². The third-order valence-corrected chi connectivity index (χ3v) is 22.2. The fourth-order valence-corrected chi connectivity index (χ4v) is 15.6. The second kappa shape index (κ2) is 55.2. The maximum atomic E-state index is 15.2. The highest BCUT2D eigenvalue weighted by Gasteiger charge is 2.45. The van der Waals surface area contributed by atoms with Crippen LogP contribution in [0.2, 0.25) is 0 Å². The molecule has 0 saturated carbocycles. The summed E-state index contributed by atoms with van der Waals surface area (Å²) < 4.78 is 16.9. The number of ether oxygens (including phenoxy) is 3. The van der Waals surface area contributed by atoms with Crippen LogP contribution < -0.4 is 75.7 Å². The number of aliphatic hydroxyl groups excluding tert-OH is 1. The molecule has 0 radical (unpaired) electrons. The van der Waals surface area contributed by atoms with Crippen LogP contribution in [0, 0.1) is 5.92 Å². The van der Waals surface area contributed by atoms with Crippen LogP contribution in [-0.2, 0) is 99.3 Å². The molecule has 4 aliphatic rings. The van der Waals surface area contributed by atoms with Gasteiger partial charge in [-0.3, -0.25) is 77.0 Å². The summed E-state index contributed by atoms with van der Waals surface area (Å²) >= 11 is 2.49. The number of primary amides is 1. The molecular weight excluding hydrogens is 1570 g/mol. The number of hydrogen-bond acceptors (Lipinski definition) is 26. The number of amides is 13. The van der Waals surface area contributed by atoms with Crippen molar-refractivity contribution in [1.29, 1.82) is 0 Å². The van der Waals surface area contributed by atoms with Gasteiger partial charge in [-0.1, -0.05) is 56.2 Å². The number of rotatable bonds is 44. The molecule has 0 spiro atoms. The molecule has 5 heterocycles. The summed E-state index contributed by atoms with van der Waals surface area (Å²) in [6.07, 6.45) is 3.13. The maximum absolute atomic E-state index is 15.2. The van der Waals surface area contributed by atoms with Crippen molar-refractivity contribution < 1.29 is 91.5 Å². The van der Waals surface area contributed by atoms with Crippen molar-refractivity contribution in [3.8, 4) is 0 Å². The number of hydrogen-bond donors (Lipinski definition) is 16. The largest absolute Gasteiger partial charge is 0.481 e. The lowest BCUT2D eigenvalue weighted by Crippen LogP contribution is -2.62. The van der Waals surface area contributed by atoms with Gasteiger partial charge in [0.1, 0.15) is 48.3 Å². The van der Waals surface area contributed by atoms with Crippen LogP contribution in [0.25, 0.3) is 0 Å². The molecule has 9 atom stereocenters. The second-order valence-corrected chi connectivity index (χ2v) is 31.6. The Morgan fingerprint density at radius 2 is 1.21 bits per heavy atom. The van der Waals surface area contributed by atoms with Crippen LogP contribution in [-0.4, -0.2) is 328 Å². The number of fused-ring (bicyclic) bond motifs is 4. The van der Waals surface area contributed by atoms with E-state index in [9.17, 15) is 72.5 Å². The van der Waals surface area contributed by atoms with E-state index >= 15 is 4.79 Å². The predicted octanol–water partition coefficient (Wildman–Crippen LogP) is -4.18. The number of aromatic nitrogens is 1. The van der Waals surface area contributed by atoms with Crippen LogP contribution in [0.4, 0.5) is 0 Å². The average Bonchev–Trinajstić information content (AvgIpc) is 1.64. The number of nitrogens with one attached hydrogen (secondary N) is 11. The second-order valence-electron chi connectivity index (χ2n) is 29.5. The molecular formula is C78H125N19O19S2. The van der Waals surface area contributed by atoms with Crippen LogP contribution in [0.15, 0.2) is 48.8 Å². The average molecular weight is 1700 g/mol. The van der Waals surface area contributed by atoms with Crippen LogP contribution in [0.5, 0.6) is 0 Å². The number of thioether (sulfide) groups is 2. The highest BCUT2D eigenvalue weighted by atomic mass is 32.2. The van der Waals surface area contributed by atoms with Gasteiger partial charge in [0, 0.05) is 172 Å². The van der Waals surface area contributed by atoms with Crippen LogP contribution in [0.1, 0.15) is 120 Å². The topological polar surface area (TPSA) is 543 Å². The van der Waals surface area contributed by atoms with Crippen molar-refractivity contribution in [3.05, 3.63) is 65.5 Å². The molecule has 4 aliphatic heterocycles. The molecule has 0 unspecified atom stereocenters. The molecule has 1 aromatic heterocycles. The smallest absolute Gasteiger partial charge is 0.305 e. The van der Waals surface area contributed by atoms with Crippen molar-refractivity contribution >= 4 is 106 Å². The van der Waals surface area contributed by atoms with E-state index in [1.54, 1.807) is 42.7 Å². The van der Waals surface area contributed by atoms with Gasteiger partial charge in [-0.25, -0.2) is 0 Å². The minimum absolute atomic E-state index is 0.0397. The van der Waals surface area contributed by atoms with Gasteiger partial charge in [-0.15, -0.1) is 0 Å². The fourth-order valence-electron chi connectivity index (χ4n) is 13.6. The Morgan fingerprint density at radius 1 is 0.627 bits per heavy atom. The first-order chi connectivity index (χ1) is 56.9. The lowest BCUT2D eigenvalue weighted by atomic mass is 10.0. The highest BCUT2D eigenvalue weighted by Crippen LogP contribution is 2.28. The number of benzene rings is 1. The van der Waals surface area contributed by atoms with Crippen molar-refractivity contribution in [2.45, 2.75) is 176 Å². The Morgan fingerprint density at radius 3 is 1.82 bits per heavy atom. The Balaban J connectivity index is 1.02. The molecule has 2 aromatic rings. The van der Waals surface area contributed by atoms with Gasteiger partial charge in [0.2, 0.25) is 76.8 Å². The number of pyridine rings is 1. The zero-order chi connectivity index (χ0) is 85.6. The first-order valence-electron chi connectivity index (χ1n) is 41.0. The Kier molecular flexibility index (Phi) is 45.9.